The molecule has 3 N–H and O–H groups in total. The number of nitrogens with two attached hydrogens (primary N) is 1. The molecule has 1 atom stereocenters. The zero-order chi connectivity index (χ0) is 23.0. The Hall–Kier alpha value is -3.66. The molecule has 0 bridgehead atoms. The summed E-state index contributed by atoms with van der Waals surface area (Å²) in [6, 6.07) is 9.44. The summed E-state index contributed by atoms with van der Waals surface area (Å²) in [6.07, 6.45) is 0.542. The molecular weight excluding hydrogens is 436 g/mol. The normalized spacial score (nSPS) is 12.3. The minimum Gasteiger partial charge on any atom is -0.365 e. The van der Waals surface area contributed by atoms with Gasteiger partial charge >= 0.3 is 0 Å². The van der Waals surface area contributed by atoms with Gasteiger partial charge in [0.05, 0.1) is 11.9 Å². The molecule has 0 aliphatic carbocycles. The molecule has 0 spiro atoms. The number of hydrogen-bond acceptors (Lipinski definition) is 5. The van der Waals surface area contributed by atoms with E-state index in [-0.39, 0.29) is 15.4 Å². The number of nitrogens with zero attached hydrogens (tertiary/aromatic N) is 3. The quantitative estimate of drug-likeness (QED) is 0.440. The topological polar surface area (TPSA) is 103 Å². The van der Waals surface area contributed by atoms with E-state index in [2.05, 4.69) is 15.4 Å². The fraction of sp³-hybridized carbons (Fsp3) is 0.182. The fourth-order valence-electron chi connectivity index (χ4n) is 3.36. The Morgan fingerprint density at radius 1 is 1.22 bits per heavy atom. The minimum absolute atomic E-state index is 0.0355. The smallest absolute Gasteiger partial charge is 0.280 e. The van der Waals surface area contributed by atoms with Crippen molar-refractivity contribution in [3.8, 4) is 11.1 Å². The molecule has 0 aliphatic rings. The molecule has 7 nitrogen and oxygen atoms in total. The van der Waals surface area contributed by atoms with Crippen molar-refractivity contribution in [2.45, 2.75) is 26.3 Å². The number of alkyl halides is 2. The molecule has 164 valence electrons. The molecule has 3 heterocycles. The Kier molecular flexibility index (Phi) is 5.70. The summed E-state index contributed by atoms with van der Waals surface area (Å²) in [5.74, 6) is -1.23. The molecule has 1 aromatic carbocycles. The largest absolute Gasteiger partial charge is 0.365 e. The summed E-state index contributed by atoms with van der Waals surface area (Å²) >= 11 is 0.870. The highest BCUT2D eigenvalue weighted by atomic mass is 32.1. The predicted octanol–water partition coefficient (Wildman–Crippen LogP) is 4.70. The average molecular weight is 455 g/mol. The number of hydrogen-bond donors (Lipinski definition) is 2. The van der Waals surface area contributed by atoms with Gasteiger partial charge in [-0.15, -0.1) is 11.3 Å². The maximum absolute atomic E-state index is 13.5. The lowest BCUT2D eigenvalue weighted by Crippen LogP contribution is -2.25. The van der Waals surface area contributed by atoms with E-state index in [9.17, 15) is 18.4 Å². The third-order valence-electron chi connectivity index (χ3n) is 4.97. The van der Waals surface area contributed by atoms with Crippen molar-refractivity contribution in [3.05, 3.63) is 64.9 Å². The van der Waals surface area contributed by atoms with Crippen LogP contribution in [0.25, 0.3) is 21.3 Å². The lowest BCUT2D eigenvalue weighted by Gasteiger charge is -2.14. The van der Waals surface area contributed by atoms with Crippen LogP contribution in [0.5, 0.6) is 0 Å². The van der Waals surface area contributed by atoms with Crippen molar-refractivity contribution in [2.24, 2.45) is 5.73 Å². The van der Waals surface area contributed by atoms with Crippen molar-refractivity contribution >= 4 is 39.1 Å². The second kappa shape index (κ2) is 8.46. The summed E-state index contributed by atoms with van der Waals surface area (Å²) in [7, 11) is 0. The second-order valence-electron chi connectivity index (χ2n) is 7.27. The first kappa shape index (κ1) is 21.6. The van der Waals surface area contributed by atoms with Crippen LogP contribution in [-0.4, -0.2) is 26.6 Å². The van der Waals surface area contributed by atoms with Crippen LogP contribution < -0.4 is 11.1 Å². The van der Waals surface area contributed by atoms with Crippen LogP contribution in [0, 0.1) is 6.92 Å². The number of aryl methyl sites for hydroxylation is 1. The SMILES string of the molecule is Cc1cnn(C(C)C(=O)Nc2c(C(N)=O)sc3nc(C(F)F)cc(-c4ccccc4)c23)c1. The summed E-state index contributed by atoms with van der Waals surface area (Å²) < 4.78 is 28.6. The Bertz CT molecular complexity index is 1320. The van der Waals surface area contributed by atoms with E-state index in [1.165, 1.54) is 10.7 Å². The number of carbonyl (C=O) groups excluding carboxylic acids is 2. The number of nitrogens with one attached hydrogen (secondary N) is 1. The Balaban J connectivity index is 1.90. The number of amides is 2. The van der Waals surface area contributed by atoms with Crippen LogP contribution in [-0.2, 0) is 4.79 Å². The number of pyridine rings is 1. The second-order valence-corrected chi connectivity index (χ2v) is 8.27. The molecular formula is C22H19F2N5O2S. The highest BCUT2D eigenvalue weighted by molar-refractivity contribution is 7.21. The minimum atomic E-state index is -2.80. The Morgan fingerprint density at radius 3 is 2.53 bits per heavy atom. The van der Waals surface area contributed by atoms with E-state index in [1.54, 1.807) is 49.6 Å². The number of halogens is 2. The Morgan fingerprint density at radius 2 is 1.94 bits per heavy atom. The van der Waals surface area contributed by atoms with E-state index >= 15 is 0 Å². The Labute approximate surface area is 185 Å². The van der Waals surface area contributed by atoms with Gasteiger partial charge in [0.1, 0.15) is 21.4 Å². The molecule has 2 amide bonds. The van der Waals surface area contributed by atoms with Crippen LogP contribution >= 0.6 is 11.3 Å². The number of anilines is 1. The van der Waals surface area contributed by atoms with Crippen LogP contribution in [0.4, 0.5) is 14.5 Å². The summed E-state index contributed by atoms with van der Waals surface area (Å²) in [4.78, 5) is 29.4. The zero-order valence-electron chi connectivity index (χ0n) is 17.2. The average Bonchev–Trinajstić information content (AvgIpc) is 3.37. The highest BCUT2D eigenvalue weighted by Crippen LogP contribution is 2.42. The van der Waals surface area contributed by atoms with E-state index in [4.69, 9.17) is 5.73 Å². The van der Waals surface area contributed by atoms with Crippen molar-refractivity contribution in [1.29, 1.82) is 0 Å². The van der Waals surface area contributed by atoms with Crippen molar-refractivity contribution in [2.75, 3.05) is 5.32 Å². The summed E-state index contributed by atoms with van der Waals surface area (Å²) in [5, 5.41) is 7.30. The lowest BCUT2D eigenvalue weighted by atomic mass is 10.0. The molecule has 0 saturated carbocycles. The van der Waals surface area contributed by atoms with Crippen molar-refractivity contribution in [3.63, 3.8) is 0 Å². The highest BCUT2D eigenvalue weighted by Gasteiger charge is 2.26. The standard InChI is InChI=1S/C22H19F2N5O2S/c1-11-9-26-29(10-11)12(2)21(31)28-17-16-14(13-6-4-3-5-7-13)8-15(19(23)24)27-22(16)32-18(17)20(25)30/h3-10,12,19H,1-2H3,(H2,25,30)(H,28,31). The van der Waals surface area contributed by atoms with Gasteiger partial charge in [-0.05, 0) is 36.6 Å². The number of thiophene rings is 1. The predicted molar refractivity (Wildman–Crippen MR) is 119 cm³/mol. The number of aromatic nitrogens is 3. The van der Waals surface area contributed by atoms with Gasteiger partial charge in [-0.2, -0.15) is 5.10 Å². The number of rotatable bonds is 6. The van der Waals surface area contributed by atoms with Gasteiger partial charge in [0.2, 0.25) is 5.91 Å². The summed E-state index contributed by atoms with van der Waals surface area (Å²) in [5.41, 5.74) is 7.24. The molecule has 0 radical (unpaired) electrons. The molecule has 0 fully saturated rings. The molecule has 1 unspecified atom stereocenters. The van der Waals surface area contributed by atoms with Gasteiger partial charge in [-0.3, -0.25) is 14.3 Å². The van der Waals surface area contributed by atoms with E-state index in [0.29, 0.717) is 16.5 Å². The van der Waals surface area contributed by atoms with Gasteiger partial charge in [0, 0.05) is 11.6 Å². The van der Waals surface area contributed by atoms with E-state index < -0.39 is 30.0 Å². The van der Waals surface area contributed by atoms with Crippen molar-refractivity contribution in [1.82, 2.24) is 14.8 Å². The van der Waals surface area contributed by atoms with Crippen LogP contribution in [0.1, 0.15) is 40.3 Å². The lowest BCUT2D eigenvalue weighted by molar-refractivity contribution is -0.119. The van der Waals surface area contributed by atoms with Crippen molar-refractivity contribution < 1.29 is 18.4 Å². The number of fused-ring (bicyclic) bond motifs is 1. The van der Waals surface area contributed by atoms with Gasteiger partial charge in [0.15, 0.2) is 0 Å². The van der Waals surface area contributed by atoms with Gasteiger partial charge in [-0.1, -0.05) is 30.3 Å². The van der Waals surface area contributed by atoms with Gasteiger partial charge < -0.3 is 11.1 Å². The molecule has 32 heavy (non-hydrogen) atoms. The van der Waals surface area contributed by atoms with Gasteiger partial charge in [-0.25, -0.2) is 13.8 Å². The first-order valence-electron chi connectivity index (χ1n) is 9.68. The monoisotopic (exact) mass is 455 g/mol. The summed E-state index contributed by atoms with van der Waals surface area (Å²) in [6.45, 7) is 3.51. The first-order valence-corrected chi connectivity index (χ1v) is 10.5. The van der Waals surface area contributed by atoms with Crippen LogP contribution in [0.2, 0.25) is 0 Å². The molecule has 10 heteroatoms. The van der Waals surface area contributed by atoms with E-state index in [1.807, 2.05) is 6.92 Å². The first-order chi connectivity index (χ1) is 15.3. The van der Waals surface area contributed by atoms with Crippen LogP contribution in [0.3, 0.4) is 0 Å². The van der Waals surface area contributed by atoms with Gasteiger partial charge in [0.25, 0.3) is 12.3 Å². The molecule has 0 saturated heterocycles. The molecule has 4 aromatic rings. The van der Waals surface area contributed by atoms with Crippen LogP contribution in [0.15, 0.2) is 48.8 Å². The maximum atomic E-state index is 13.5. The maximum Gasteiger partial charge on any atom is 0.280 e. The number of carbonyl (C=O) groups is 2. The molecule has 4 rings (SSSR count). The molecule has 3 aromatic heterocycles. The fourth-order valence-corrected chi connectivity index (χ4v) is 4.37. The third kappa shape index (κ3) is 3.96. The molecule has 0 aliphatic heterocycles. The van der Waals surface area contributed by atoms with E-state index in [0.717, 1.165) is 16.9 Å². The number of primary amides is 1. The number of benzene rings is 1. The third-order valence-corrected chi connectivity index (χ3v) is 6.07. The zero-order valence-corrected chi connectivity index (χ0v) is 18.0.